The first-order valence-electron chi connectivity index (χ1n) is 6.82. The number of hydrogen-bond acceptors (Lipinski definition) is 4. The SMILES string of the molecule is Cc1cc(S(=O)(=O)N(C)C2CCCCC2CN)sc1Br. The Bertz CT molecular complexity index is 551. The fourth-order valence-electron chi connectivity index (χ4n) is 2.82. The van der Waals surface area contributed by atoms with Crippen LogP contribution in [0.3, 0.4) is 0 Å². The van der Waals surface area contributed by atoms with Gasteiger partial charge in [-0.25, -0.2) is 8.42 Å². The van der Waals surface area contributed by atoms with Crippen LogP contribution < -0.4 is 5.73 Å². The lowest BCUT2D eigenvalue weighted by atomic mass is 9.85. The van der Waals surface area contributed by atoms with Crippen molar-refractivity contribution in [1.29, 1.82) is 0 Å². The Morgan fingerprint density at radius 2 is 2.10 bits per heavy atom. The van der Waals surface area contributed by atoms with Gasteiger partial charge in [-0.15, -0.1) is 11.3 Å². The first-order valence-corrected chi connectivity index (χ1v) is 9.87. The Hall–Kier alpha value is 0.0500. The number of hydrogen-bond donors (Lipinski definition) is 1. The van der Waals surface area contributed by atoms with E-state index in [-0.39, 0.29) is 12.0 Å². The molecule has 0 bridgehead atoms. The predicted molar refractivity (Wildman–Crippen MR) is 86.5 cm³/mol. The zero-order valence-corrected chi connectivity index (χ0v) is 15.0. The maximum Gasteiger partial charge on any atom is 0.252 e. The largest absolute Gasteiger partial charge is 0.330 e. The summed E-state index contributed by atoms with van der Waals surface area (Å²) >= 11 is 4.67. The van der Waals surface area contributed by atoms with Crippen LogP contribution in [0.25, 0.3) is 0 Å². The number of aryl methyl sites for hydroxylation is 1. The Balaban J connectivity index is 2.28. The van der Waals surface area contributed by atoms with Gasteiger partial charge in [0.1, 0.15) is 4.21 Å². The summed E-state index contributed by atoms with van der Waals surface area (Å²) in [6.45, 7) is 2.46. The molecule has 4 nitrogen and oxygen atoms in total. The van der Waals surface area contributed by atoms with E-state index in [9.17, 15) is 8.42 Å². The summed E-state index contributed by atoms with van der Waals surface area (Å²) in [7, 11) is -1.73. The number of nitrogens with two attached hydrogens (primary N) is 1. The highest BCUT2D eigenvalue weighted by Gasteiger charge is 2.35. The van der Waals surface area contributed by atoms with Crippen LogP contribution in [0.1, 0.15) is 31.2 Å². The molecule has 114 valence electrons. The summed E-state index contributed by atoms with van der Waals surface area (Å²) in [6, 6.07) is 1.76. The van der Waals surface area contributed by atoms with Crippen LogP contribution >= 0.6 is 27.3 Å². The lowest BCUT2D eigenvalue weighted by molar-refractivity contribution is 0.204. The molecule has 0 radical (unpaired) electrons. The molecule has 1 heterocycles. The number of nitrogens with zero attached hydrogens (tertiary/aromatic N) is 1. The second-order valence-corrected chi connectivity index (χ2v) is 9.99. The van der Waals surface area contributed by atoms with Gasteiger partial charge in [0.25, 0.3) is 10.0 Å². The second kappa shape index (κ2) is 6.44. The quantitative estimate of drug-likeness (QED) is 0.872. The van der Waals surface area contributed by atoms with Crippen LogP contribution in [-0.2, 0) is 10.0 Å². The average molecular weight is 381 g/mol. The molecule has 2 unspecified atom stereocenters. The van der Waals surface area contributed by atoms with Gasteiger partial charge in [0.05, 0.1) is 3.79 Å². The maximum absolute atomic E-state index is 12.7. The maximum atomic E-state index is 12.7. The monoisotopic (exact) mass is 380 g/mol. The summed E-state index contributed by atoms with van der Waals surface area (Å²) in [5, 5.41) is 0. The van der Waals surface area contributed by atoms with Gasteiger partial charge < -0.3 is 5.73 Å². The van der Waals surface area contributed by atoms with E-state index in [0.717, 1.165) is 35.0 Å². The summed E-state index contributed by atoms with van der Waals surface area (Å²) in [6.07, 6.45) is 4.15. The number of thiophene rings is 1. The van der Waals surface area contributed by atoms with E-state index in [0.29, 0.717) is 10.8 Å². The van der Waals surface area contributed by atoms with E-state index < -0.39 is 10.0 Å². The Morgan fingerprint density at radius 3 is 2.65 bits per heavy atom. The molecule has 1 fully saturated rings. The molecule has 0 aromatic carbocycles. The van der Waals surface area contributed by atoms with Crippen molar-refractivity contribution in [3.05, 3.63) is 15.4 Å². The van der Waals surface area contributed by atoms with Crippen LogP contribution in [-0.4, -0.2) is 32.4 Å². The van der Waals surface area contributed by atoms with Gasteiger partial charge in [0, 0.05) is 13.1 Å². The fourth-order valence-corrected chi connectivity index (χ4v) is 6.68. The first kappa shape index (κ1) is 16.4. The van der Waals surface area contributed by atoms with Gasteiger partial charge >= 0.3 is 0 Å². The molecule has 0 aliphatic heterocycles. The third kappa shape index (κ3) is 3.11. The number of rotatable bonds is 4. The van der Waals surface area contributed by atoms with Crippen molar-refractivity contribution >= 4 is 37.3 Å². The first-order chi connectivity index (χ1) is 9.37. The molecule has 0 amide bonds. The summed E-state index contributed by atoms with van der Waals surface area (Å²) in [5.74, 6) is 0.271. The Labute approximate surface area is 133 Å². The van der Waals surface area contributed by atoms with Crippen molar-refractivity contribution in [2.24, 2.45) is 11.7 Å². The molecule has 1 saturated carbocycles. The van der Waals surface area contributed by atoms with E-state index in [1.807, 2.05) is 6.92 Å². The van der Waals surface area contributed by atoms with Crippen LogP contribution in [0.4, 0.5) is 0 Å². The second-order valence-electron chi connectivity index (χ2n) is 5.39. The van der Waals surface area contributed by atoms with Crippen molar-refractivity contribution in [2.45, 2.75) is 42.9 Å². The highest BCUT2D eigenvalue weighted by atomic mass is 79.9. The van der Waals surface area contributed by atoms with Gasteiger partial charge in [-0.1, -0.05) is 12.8 Å². The number of halogens is 1. The molecular formula is C13H21BrN2O2S2. The third-order valence-electron chi connectivity index (χ3n) is 4.11. The van der Waals surface area contributed by atoms with Gasteiger partial charge in [-0.05, 0) is 59.8 Å². The van der Waals surface area contributed by atoms with Gasteiger partial charge in [-0.2, -0.15) is 4.31 Å². The minimum absolute atomic E-state index is 0.0277. The van der Waals surface area contributed by atoms with Crippen molar-refractivity contribution in [3.8, 4) is 0 Å². The smallest absolute Gasteiger partial charge is 0.252 e. The predicted octanol–water partition coefficient (Wildman–Crippen LogP) is 2.96. The summed E-state index contributed by atoms with van der Waals surface area (Å²) in [4.78, 5) is 0. The van der Waals surface area contributed by atoms with Crippen molar-refractivity contribution in [1.82, 2.24) is 4.31 Å². The molecule has 1 aromatic heterocycles. The van der Waals surface area contributed by atoms with Crippen LogP contribution in [0.2, 0.25) is 0 Å². The molecule has 1 aliphatic rings. The molecule has 2 rings (SSSR count). The zero-order chi connectivity index (χ0) is 14.9. The molecule has 7 heteroatoms. The normalized spacial score (nSPS) is 24.2. The Morgan fingerprint density at radius 1 is 1.45 bits per heavy atom. The van der Waals surface area contributed by atoms with Crippen LogP contribution in [0.5, 0.6) is 0 Å². The molecule has 1 aliphatic carbocycles. The van der Waals surface area contributed by atoms with Crippen LogP contribution in [0.15, 0.2) is 14.1 Å². The molecule has 2 atom stereocenters. The van der Waals surface area contributed by atoms with Crippen molar-refractivity contribution in [2.75, 3.05) is 13.6 Å². The average Bonchev–Trinajstić information content (AvgIpc) is 2.78. The topological polar surface area (TPSA) is 63.4 Å². The van der Waals surface area contributed by atoms with Gasteiger partial charge in [0.2, 0.25) is 0 Å². The molecule has 0 spiro atoms. The zero-order valence-electron chi connectivity index (χ0n) is 11.8. The van der Waals surface area contributed by atoms with Crippen molar-refractivity contribution in [3.63, 3.8) is 0 Å². The van der Waals surface area contributed by atoms with Gasteiger partial charge in [-0.3, -0.25) is 0 Å². The lowest BCUT2D eigenvalue weighted by Crippen LogP contribution is -2.45. The Kier molecular flexibility index (Phi) is 5.29. The van der Waals surface area contributed by atoms with Gasteiger partial charge in [0.15, 0.2) is 0 Å². The molecule has 0 saturated heterocycles. The highest BCUT2D eigenvalue weighted by molar-refractivity contribution is 9.11. The highest BCUT2D eigenvalue weighted by Crippen LogP contribution is 2.35. The molecule has 2 N–H and O–H groups in total. The number of sulfonamides is 1. The molecule has 1 aromatic rings. The van der Waals surface area contributed by atoms with E-state index in [1.165, 1.54) is 11.3 Å². The fraction of sp³-hybridized carbons (Fsp3) is 0.692. The minimum atomic E-state index is -3.42. The lowest BCUT2D eigenvalue weighted by Gasteiger charge is -2.36. The van der Waals surface area contributed by atoms with Crippen LogP contribution in [0, 0.1) is 12.8 Å². The van der Waals surface area contributed by atoms with E-state index >= 15 is 0 Å². The molecular weight excluding hydrogens is 360 g/mol. The summed E-state index contributed by atoms with van der Waals surface area (Å²) < 4.78 is 28.3. The standard InChI is InChI=1S/C13H21BrN2O2S2/c1-9-7-12(19-13(9)14)20(17,18)16(2)11-6-4-3-5-10(11)8-15/h7,10-11H,3-6,8,15H2,1-2H3. The summed E-state index contributed by atoms with van der Waals surface area (Å²) in [5.41, 5.74) is 6.77. The minimum Gasteiger partial charge on any atom is -0.330 e. The van der Waals surface area contributed by atoms with Crippen molar-refractivity contribution < 1.29 is 8.42 Å². The molecule has 20 heavy (non-hydrogen) atoms. The van der Waals surface area contributed by atoms with E-state index in [2.05, 4.69) is 15.9 Å². The van der Waals surface area contributed by atoms with E-state index in [1.54, 1.807) is 17.4 Å². The third-order valence-corrected chi connectivity index (χ3v) is 8.58. The van der Waals surface area contributed by atoms with E-state index in [4.69, 9.17) is 5.73 Å².